The molecule has 0 aliphatic rings. The second-order valence-electron chi connectivity index (χ2n) is 4.17. The molecule has 0 heterocycles. The van der Waals surface area contributed by atoms with Gasteiger partial charge in [-0.3, -0.25) is 0 Å². The second kappa shape index (κ2) is 6.06. The van der Waals surface area contributed by atoms with Crippen LogP contribution in [0.5, 0.6) is 0 Å². The van der Waals surface area contributed by atoms with Gasteiger partial charge < -0.3 is 5.32 Å². The van der Waals surface area contributed by atoms with E-state index < -0.39 is 11.7 Å². The maximum absolute atomic E-state index is 12.4. The van der Waals surface area contributed by atoms with Crippen LogP contribution in [0.1, 0.15) is 11.1 Å². The summed E-state index contributed by atoms with van der Waals surface area (Å²) in [5.74, 6) is 0. The van der Waals surface area contributed by atoms with E-state index in [0.717, 1.165) is 27.9 Å². The first-order valence-corrected chi connectivity index (χ1v) is 6.88. The maximum atomic E-state index is 12.4. The molecule has 0 unspecified atom stereocenters. The molecule has 2 aromatic carbocycles. The number of halogens is 5. The maximum Gasteiger partial charge on any atom is 0.416 e. The van der Waals surface area contributed by atoms with Gasteiger partial charge in [0.1, 0.15) is 0 Å². The average Bonchev–Trinajstić information content (AvgIpc) is 2.37. The van der Waals surface area contributed by atoms with E-state index in [9.17, 15) is 13.2 Å². The van der Waals surface area contributed by atoms with Crippen LogP contribution in [0.4, 0.5) is 18.9 Å². The highest BCUT2D eigenvalue weighted by Gasteiger charge is 2.29. The Labute approximate surface area is 127 Å². The average molecular weight is 365 g/mol. The fourth-order valence-corrected chi connectivity index (χ4v) is 2.38. The summed E-state index contributed by atoms with van der Waals surface area (Å²) in [6.07, 6.45) is -4.30. The zero-order chi connectivity index (χ0) is 14.8. The molecule has 0 aliphatic carbocycles. The van der Waals surface area contributed by atoms with Crippen LogP contribution in [0.25, 0.3) is 0 Å². The van der Waals surface area contributed by atoms with Crippen molar-refractivity contribution >= 4 is 33.2 Å². The Morgan fingerprint density at radius 3 is 2.25 bits per heavy atom. The second-order valence-corrected chi connectivity index (χ2v) is 5.50. The van der Waals surface area contributed by atoms with Gasteiger partial charge in [0.25, 0.3) is 0 Å². The Balaban J connectivity index is 2.04. The zero-order valence-corrected chi connectivity index (χ0v) is 12.5. The van der Waals surface area contributed by atoms with Gasteiger partial charge in [-0.2, -0.15) is 13.2 Å². The van der Waals surface area contributed by atoms with Gasteiger partial charge >= 0.3 is 6.18 Å². The largest absolute Gasteiger partial charge is 0.416 e. The number of nitrogens with one attached hydrogen (secondary N) is 1. The third-order valence-electron chi connectivity index (χ3n) is 2.70. The molecule has 0 aromatic heterocycles. The van der Waals surface area contributed by atoms with E-state index in [1.54, 1.807) is 12.1 Å². The molecule has 1 nitrogen and oxygen atoms in total. The fraction of sp³-hybridized carbons (Fsp3) is 0.143. The molecular weight excluding hydrogens is 355 g/mol. The van der Waals surface area contributed by atoms with Crippen LogP contribution < -0.4 is 5.32 Å². The monoisotopic (exact) mass is 363 g/mol. The van der Waals surface area contributed by atoms with Gasteiger partial charge in [0, 0.05) is 11.0 Å². The lowest BCUT2D eigenvalue weighted by Gasteiger charge is -2.10. The third-order valence-corrected chi connectivity index (χ3v) is 3.50. The lowest BCUT2D eigenvalue weighted by atomic mass is 10.1. The molecule has 0 atom stereocenters. The first-order chi connectivity index (χ1) is 9.36. The van der Waals surface area contributed by atoms with Gasteiger partial charge in [-0.05, 0) is 35.9 Å². The van der Waals surface area contributed by atoms with Gasteiger partial charge in [0.2, 0.25) is 0 Å². The van der Waals surface area contributed by atoms with Crippen molar-refractivity contribution < 1.29 is 13.2 Å². The summed E-state index contributed by atoms with van der Waals surface area (Å²) in [7, 11) is 0. The molecule has 0 saturated heterocycles. The van der Waals surface area contributed by atoms with Crippen molar-refractivity contribution in [1.29, 1.82) is 0 Å². The predicted octanol–water partition coefficient (Wildman–Crippen LogP) is 5.73. The van der Waals surface area contributed by atoms with Crippen molar-refractivity contribution in [2.75, 3.05) is 5.32 Å². The Kier molecular flexibility index (Phi) is 4.60. The van der Waals surface area contributed by atoms with Crippen LogP contribution in [-0.4, -0.2) is 0 Å². The van der Waals surface area contributed by atoms with Crippen LogP contribution in [0, 0.1) is 0 Å². The Morgan fingerprint density at radius 2 is 1.70 bits per heavy atom. The molecule has 1 N–H and O–H groups in total. The zero-order valence-electron chi connectivity index (χ0n) is 10.1. The summed E-state index contributed by atoms with van der Waals surface area (Å²) in [5.41, 5.74) is 0.828. The van der Waals surface area contributed by atoms with Gasteiger partial charge in [0.15, 0.2) is 0 Å². The summed E-state index contributed by atoms with van der Waals surface area (Å²) >= 11 is 9.34. The van der Waals surface area contributed by atoms with Crippen LogP contribution in [0.3, 0.4) is 0 Å². The highest BCUT2D eigenvalue weighted by atomic mass is 79.9. The van der Waals surface area contributed by atoms with Crippen molar-refractivity contribution in [2.45, 2.75) is 12.7 Å². The van der Waals surface area contributed by atoms with Gasteiger partial charge in [0.05, 0.1) is 16.3 Å². The molecule has 2 aromatic rings. The van der Waals surface area contributed by atoms with E-state index in [4.69, 9.17) is 11.6 Å². The lowest BCUT2D eigenvalue weighted by Crippen LogP contribution is -2.05. The Bertz CT molecular complexity index is 596. The molecule has 0 radical (unpaired) electrons. The normalized spacial score (nSPS) is 11.4. The highest BCUT2D eigenvalue weighted by Crippen LogP contribution is 2.29. The topological polar surface area (TPSA) is 12.0 Å². The summed E-state index contributed by atoms with van der Waals surface area (Å²) in [6.45, 7) is 0.402. The smallest absolute Gasteiger partial charge is 0.380 e. The molecule has 0 spiro atoms. The fourth-order valence-electron chi connectivity index (χ4n) is 1.64. The molecule has 106 valence electrons. The minimum atomic E-state index is -4.30. The first-order valence-electron chi connectivity index (χ1n) is 5.71. The predicted molar refractivity (Wildman–Crippen MR) is 77.9 cm³/mol. The molecule has 0 amide bonds. The van der Waals surface area contributed by atoms with Crippen molar-refractivity contribution in [2.24, 2.45) is 0 Å². The summed E-state index contributed by atoms with van der Waals surface area (Å²) in [4.78, 5) is 0. The number of rotatable bonds is 3. The van der Waals surface area contributed by atoms with E-state index in [2.05, 4.69) is 21.2 Å². The Hall–Kier alpha value is -1.20. The number of anilines is 1. The van der Waals surface area contributed by atoms with E-state index in [1.165, 1.54) is 12.1 Å². The molecule has 0 saturated carbocycles. The third kappa shape index (κ3) is 3.90. The molecule has 2 rings (SSSR count). The van der Waals surface area contributed by atoms with E-state index in [-0.39, 0.29) is 0 Å². The summed E-state index contributed by atoms with van der Waals surface area (Å²) < 4.78 is 38.1. The van der Waals surface area contributed by atoms with Crippen molar-refractivity contribution in [3.8, 4) is 0 Å². The quantitative estimate of drug-likeness (QED) is 0.733. The van der Waals surface area contributed by atoms with Crippen LogP contribution >= 0.6 is 27.5 Å². The van der Waals surface area contributed by atoms with E-state index in [1.807, 2.05) is 6.07 Å². The van der Waals surface area contributed by atoms with Crippen molar-refractivity contribution in [3.63, 3.8) is 0 Å². The van der Waals surface area contributed by atoms with Crippen molar-refractivity contribution in [3.05, 3.63) is 63.1 Å². The lowest BCUT2D eigenvalue weighted by molar-refractivity contribution is -0.137. The molecule has 0 aliphatic heterocycles. The van der Waals surface area contributed by atoms with E-state index in [0.29, 0.717) is 11.6 Å². The summed E-state index contributed by atoms with van der Waals surface area (Å²) in [6, 6.07) is 10.4. The molecule has 0 fully saturated rings. The molecule has 0 bridgehead atoms. The molecule has 6 heteroatoms. The highest BCUT2D eigenvalue weighted by molar-refractivity contribution is 9.10. The number of alkyl halides is 3. The van der Waals surface area contributed by atoms with Gasteiger partial charge in [-0.15, -0.1) is 0 Å². The summed E-state index contributed by atoms with van der Waals surface area (Å²) in [5, 5.41) is 3.63. The SMILES string of the molecule is FC(F)(F)c1ccc(CNc2ccc(Br)cc2Cl)cc1. The number of benzene rings is 2. The van der Waals surface area contributed by atoms with E-state index >= 15 is 0 Å². The van der Waals surface area contributed by atoms with Crippen LogP contribution in [0.15, 0.2) is 46.9 Å². The number of hydrogen-bond donors (Lipinski definition) is 1. The number of hydrogen-bond acceptors (Lipinski definition) is 1. The first kappa shape index (κ1) is 15.2. The van der Waals surface area contributed by atoms with Gasteiger partial charge in [-0.25, -0.2) is 0 Å². The van der Waals surface area contributed by atoms with Crippen molar-refractivity contribution in [1.82, 2.24) is 0 Å². The molecular formula is C14H10BrClF3N. The Morgan fingerprint density at radius 1 is 1.05 bits per heavy atom. The molecule has 20 heavy (non-hydrogen) atoms. The standard InChI is InChI=1S/C14H10BrClF3N/c15-11-5-6-13(12(16)7-11)20-8-9-1-3-10(4-2-9)14(17,18)19/h1-7,20H,8H2. The minimum absolute atomic E-state index is 0.402. The van der Waals surface area contributed by atoms with Gasteiger partial charge in [-0.1, -0.05) is 39.7 Å². The van der Waals surface area contributed by atoms with Crippen LogP contribution in [-0.2, 0) is 12.7 Å². The van der Waals surface area contributed by atoms with Crippen LogP contribution in [0.2, 0.25) is 5.02 Å². The minimum Gasteiger partial charge on any atom is -0.380 e.